The van der Waals surface area contributed by atoms with Gasteiger partial charge in [0.2, 0.25) is 0 Å². The molecule has 0 saturated heterocycles. The molecule has 0 aliphatic carbocycles. The molecule has 0 spiro atoms. The predicted molar refractivity (Wildman–Crippen MR) is 72.4 cm³/mol. The van der Waals surface area contributed by atoms with Gasteiger partial charge in [0.25, 0.3) is 0 Å². The number of hydrogen-bond donors (Lipinski definition) is 0. The Kier molecular flexibility index (Phi) is 3.65. The first kappa shape index (κ1) is 13.3. The van der Waals surface area contributed by atoms with E-state index in [0.29, 0.717) is 5.75 Å². The van der Waals surface area contributed by atoms with Crippen LogP contribution in [0.25, 0.3) is 0 Å². The number of benzene rings is 2. The van der Waals surface area contributed by atoms with Crippen LogP contribution in [-0.4, -0.2) is 5.78 Å². The van der Waals surface area contributed by atoms with E-state index in [-0.39, 0.29) is 17.1 Å². The number of rotatable bonds is 3. The minimum absolute atomic E-state index is 0.0107. The smallest absolute Gasteiger partial charge is 0.166 e. The maximum atomic E-state index is 13.7. The Balaban J connectivity index is 2.46. The number of ether oxygens (including phenoxy) is 1. The molecule has 0 N–H and O–H groups in total. The lowest BCUT2D eigenvalue weighted by Gasteiger charge is -2.12. The van der Waals surface area contributed by atoms with Gasteiger partial charge in [-0.25, -0.2) is 4.39 Å². The highest BCUT2D eigenvalue weighted by atomic mass is 19.1. The summed E-state index contributed by atoms with van der Waals surface area (Å²) < 4.78 is 19.4. The van der Waals surface area contributed by atoms with Crippen LogP contribution in [0, 0.1) is 19.7 Å². The van der Waals surface area contributed by atoms with Gasteiger partial charge in [-0.05, 0) is 50.1 Å². The Labute approximate surface area is 111 Å². The van der Waals surface area contributed by atoms with Gasteiger partial charge in [-0.2, -0.15) is 0 Å². The van der Waals surface area contributed by atoms with Crippen LogP contribution in [0.2, 0.25) is 0 Å². The Hall–Kier alpha value is -2.16. The second-order valence-corrected chi connectivity index (χ2v) is 4.54. The van der Waals surface area contributed by atoms with Gasteiger partial charge in [-0.15, -0.1) is 0 Å². The Morgan fingerprint density at radius 1 is 1.11 bits per heavy atom. The van der Waals surface area contributed by atoms with E-state index in [4.69, 9.17) is 4.74 Å². The highest BCUT2D eigenvalue weighted by Gasteiger charge is 2.15. The zero-order chi connectivity index (χ0) is 14.0. The minimum Gasteiger partial charge on any atom is -0.456 e. The van der Waals surface area contributed by atoms with Crippen molar-refractivity contribution in [1.82, 2.24) is 0 Å². The molecular formula is C16H15FO2. The summed E-state index contributed by atoms with van der Waals surface area (Å²) in [5.41, 5.74) is 1.97. The molecule has 0 aliphatic rings. The fourth-order valence-corrected chi connectivity index (χ4v) is 1.87. The number of Topliss-reactive ketones (excluding diaryl/α,β-unsaturated/α-hetero) is 1. The van der Waals surface area contributed by atoms with Crippen LogP contribution >= 0.6 is 0 Å². The molecule has 0 heterocycles. The van der Waals surface area contributed by atoms with E-state index in [2.05, 4.69) is 0 Å². The lowest BCUT2D eigenvalue weighted by Crippen LogP contribution is -2.01. The molecular weight excluding hydrogens is 243 g/mol. The zero-order valence-electron chi connectivity index (χ0n) is 11.2. The first-order valence-corrected chi connectivity index (χ1v) is 6.03. The van der Waals surface area contributed by atoms with Crippen LogP contribution in [0.4, 0.5) is 4.39 Å². The second-order valence-electron chi connectivity index (χ2n) is 4.54. The highest BCUT2D eigenvalue weighted by Crippen LogP contribution is 2.30. The van der Waals surface area contributed by atoms with Crippen molar-refractivity contribution in [1.29, 1.82) is 0 Å². The highest BCUT2D eigenvalue weighted by molar-refractivity contribution is 5.97. The molecule has 0 aromatic heterocycles. The van der Waals surface area contributed by atoms with Crippen LogP contribution in [0.1, 0.15) is 28.4 Å². The standard InChI is InChI=1S/C16H15FO2/c1-10-7-8-11(2)15(9-10)19-14-6-4-5-13(17)16(14)12(3)18/h4-9H,1-3H3. The molecule has 3 heteroatoms. The summed E-state index contributed by atoms with van der Waals surface area (Å²) >= 11 is 0. The second kappa shape index (κ2) is 5.22. The molecule has 0 radical (unpaired) electrons. The molecule has 0 saturated carbocycles. The molecule has 0 bridgehead atoms. The third-order valence-electron chi connectivity index (χ3n) is 2.89. The fraction of sp³-hybridized carbons (Fsp3) is 0.188. The Bertz CT molecular complexity index is 633. The number of carbonyl (C=O) groups excluding carboxylic acids is 1. The molecule has 2 aromatic carbocycles. The fourth-order valence-electron chi connectivity index (χ4n) is 1.87. The van der Waals surface area contributed by atoms with Crippen LogP contribution in [0.15, 0.2) is 36.4 Å². The zero-order valence-corrected chi connectivity index (χ0v) is 11.2. The van der Waals surface area contributed by atoms with E-state index in [9.17, 15) is 9.18 Å². The van der Waals surface area contributed by atoms with Crippen molar-refractivity contribution in [3.05, 3.63) is 58.9 Å². The topological polar surface area (TPSA) is 26.3 Å². The van der Waals surface area contributed by atoms with Crippen molar-refractivity contribution in [2.45, 2.75) is 20.8 Å². The maximum absolute atomic E-state index is 13.7. The van der Waals surface area contributed by atoms with Crippen LogP contribution in [-0.2, 0) is 0 Å². The third kappa shape index (κ3) is 2.81. The molecule has 2 aromatic rings. The number of ketones is 1. The van der Waals surface area contributed by atoms with Gasteiger partial charge in [-0.3, -0.25) is 4.79 Å². The maximum Gasteiger partial charge on any atom is 0.166 e. The normalized spacial score (nSPS) is 10.3. The van der Waals surface area contributed by atoms with E-state index < -0.39 is 5.82 Å². The van der Waals surface area contributed by atoms with Gasteiger partial charge >= 0.3 is 0 Å². The first-order valence-electron chi connectivity index (χ1n) is 6.03. The van der Waals surface area contributed by atoms with Crippen molar-refractivity contribution in [3.8, 4) is 11.5 Å². The summed E-state index contributed by atoms with van der Waals surface area (Å²) in [6.07, 6.45) is 0. The summed E-state index contributed by atoms with van der Waals surface area (Å²) in [6.45, 7) is 5.18. The van der Waals surface area contributed by atoms with Gasteiger partial charge in [0.1, 0.15) is 17.3 Å². The van der Waals surface area contributed by atoms with Gasteiger partial charge < -0.3 is 4.74 Å². The molecule has 0 unspecified atom stereocenters. The number of aryl methyl sites for hydroxylation is 2. The molecule has 98 valence electrons. The van der Waals surface area contributed by atoms with Crippen molar-refractivity contribution in [3.63, 3.8) is 0 Å². The van der Waals surface area contributed by atoms with E-state index in [1.807, 2.05) is 32.0 Å². The third-order valence-corrected chi connectivity index (χ3v) is 2.89. The van der Waals surface area contributed by atoms with Gasteiger partial charge in [0, 0.05) is 0 Å². The molecule has 2 rings (SSSR count). The van der Waals surface area contributed by atoms with Gasteiger partial charge in [0.05, 0.1) is 5.56 Å². The quantitative estimate of drug-likeness (QED) is 0.761. The van der Waals surface area contributed by atoms with Crippen LogP contribution < -0.4 is 4.74 Å². The van der Waals surface area contributed by atoms with E-state index >= 15 is 0 Å². The van der Waals surface area contributed by atoms with Crippen LogP contribution in [0.3, 0.4) is 0 Å². The van der Waals surface area contributed by atoms with E-state index in [1.54, 1.807) is 6.07 Å². The summed E-state index contributed by atoms with van der Waals surface area (Å²) in [5, 5.41) is 0. The largest absolute Gasteiger partial charge is 0.456 e. The lowest BCUT2D eigenvalue weighted by atomic mass is 10.1. The number of carbonyl (C=O) groups is 1. The first-order chi connectivity index (χ1) is 8.99. The average molecular weight is 258 g/mol. The molecule has 2 nitrogen and oxygen atoms in total. The predicted octanol–water partition coefficient (Wildman–Crippen LogP) is 4.44. The van der Waals surface area contributed by atoms with Crippen LogP contribution in [0.5, 0.6) is 11.5 Å². The summed E-state index contributed by atoms with van der Waals surface area (Å²) in [6, 6.07) is 10.2. The molecule has 19 heavy (non-hydrogen) atoms. The Morgan fingerprint density at radius 2 is 1.84 bits per heavy atom. The van der Waals surface area contributed by atoms with Gasteiger partial charge in [-0.1, -0.05) is 18.2 Å². The molecule has 0 amide bonds. The van der Waals surface area contributed by atoms with Crippen molar-refractivity contribution in [2.24, 2.45) is 0 Å². The monoisotopic (exact) mass is 258 g/mol. The van der Waals surface area contributed by atoms with E-state index in [0.717, 1.165) is 11.1 Å². The SMILES string of the molecule is CC(=O)c1c(F)cccc1Oc1cc(C)ccc1C. The number of halogens is 1. The molecule has 0 fully saturated rings. The molecule has 0 aliphatic heterocycles. The molecule has 0 atom stereocenters. The Morgan fingerprint density at radius 3 is 2.53 bits per heavy atom. The number of hydrogen-bond acceptors (Lipinski definition) is 2. The minimum atomic E-state index is -0.560. The van der Waals surface area contributed by atoms with Crippen molar-refractivity contribution < 1.29 is 13.9 Å². The lowest BCUT2D eigenvalue weighted by molar-refractivity contribution is 0.101. The van der Waals surface area contributed by atoms with Gasteiger partial charge in [0.15, 0.2) is 5.78 Å². The summed E-state index contributed by atoms with van der Waals surface area (Å²) in [4.78, 5) is 11.5. The van der Waals surface area contributed by atoms with Crippen molar-refractivity contribution >= 4 is 5.78 Å². The average Bonchev–Trinajstić information content (AvgIpc) is 2.33. The summed E-state index contributed by atoms with van der Waals surface area (Å²) in [7, 11) is 0. The van der Waals surface area contributed by atoms with E-state index in [1.165, 1.54) is 19.1 Å². The summed E-state index contributed by atoms with van der Waals surface area (Å²) in [5.74, 6) is -0.0250. The van der Waals surface area contributed by atoms with Crippen molar-refractivity contribution in [2.75, 3.05) is 0 Å².